The van der Waals surface area contributed by atoms with E-state index in [0.717, 1.165) is 24.2 Å². The molecule has 2 aromatic rings. The Morgan fingerprint density at radius 1 is 1.24 bits per heavy atom. The van der Waals surface area contributed by atoms with E-state index >= 15 is 0 Å². The third-order valence-corrected chi connectivity index (χ3v) is 4.40. The quantitative estimate of drug-likeness (QED) is 0.688. The molecule has 0 saturated heterocycles. The average Bonchev–Trinajstić information content (AvgIpc) is 2.88. The van der Waals surface area contributed by atoms with Crippen molar-refractivity contribution in [2.75, 3.05) is 11.3 Å². The maximum absolute atomic E-state index is 12.3. The van der Waals surface area contributed by atoms with E-state index in [0.29, 0.717) is 12.2 Å². The molecule has 5 nitrogen and oxygen atoms in total. The molecule has 0 aliphatic carbocycles. The lowest BCUT2D eigenvalue weighted by Gasteiger charge is -2.06. The van der Waals surface area contributed by atoms with E-state index < -0.39 is 10.0 Å². The highest BCUT2D eigenvalue weighted by molar-refractivity contribution is 7.92. The molecule has 3 N–H and O–H groups in total. The van der Waals surface area contributed by atoms with E-state index in [1.165, 1.54) is 6.20 Å². The van der Waals surface area contributed by atoms with Gasteiger partial charge in [-0.2, -0.15) is 0 Å². The molecule has 0 spiro atoms. The molecule has 0 unspecified atom stereocenters. The molecule has 6 heteroatoms. The van der Waals surface area contributed by atoms with Gasteiger partial charge in [0, 0.05) is 24.1 Å². The zero-order chi connectivity index (χ0) is 15.3. The summed E-state index contributed by atoms with van der Waals surface area (Å²) in [4.78, 5) is 3.23. The van der Waals surface area contributed by atoms with E-state index in [2.05, 4.69) is 21.9 Å². The van der Waals surface area contributed by atoms with Crippen molar-refractivity contribution in [1.82, 2.24) is 10.3 Å². The van der Waals surface area contributed by atoms with Gasteiger partial charge in [0.05, 0.1) is 0 Å². The Bertz CT molecular complexity index is 692. The Labute approximate surface area is 125 Å². The first-order valence-corrected chi connectivity index (χ1v) is 8.47. The minimum absolute atomic E-state index is 0.248. The third-order valence-electron chi connectivity index (χ3n) is 3.04. The highest BCUT2D eigenvalue weighted by Gasteiger charge is 2.16. The fourth-order valence-electron chi connectivity index (χ4n) is 2.00. The van der Waals surface area contributed by atoms with Gasteiger partial charge in [-0.3, -0.25) is 4.72 Å². The summed E-state index contributed by atoms with van der Waals surface area (Å²) in [5.41, 5.74) is 2.43. The van der Waals surface area contributed by atoms with Gasteiger partial charge in [-0.25, -0.2) is 8.42 Å². The lowest BCUT2D eigenvalue weighted by atomic mass is 10.2. The summed E-state index contributed by atoms with van der Waals surface area (Å²) in [6.45, 7) is 5.55. The summed E-state index contributed by atoms with van der Waals surface area (Å²) in [7, 11) is -3.55. The zero-order valence-corrected chi connectivity index (χ0v) is 13.1. The van der Waals surface area contributed by atoms with Gasteiger partial charge in [0.25, 0.3) is 10.0 Å². The van der Waals surface area contributed by atoms with Crippen LogP contribution in [0.3, 0.4) is 0 Å². The average molecular weight is 307 g/mol. The van der Waals surface area contributed by atoms with E-state index in [9.17, 15) is 8.42 Å². The second kappa shape index (κ2) is 6.78. The number of hydrogen-bond acceptors (Lipinski definition) is 3. The highest BCUT2D eigenvalue weighted by atomic mass is 32.2. The minimum atomic E-state index is -3.55. The van der Waals surface area contributed by atoms with Crippen LogP contribution in [0.5, 0.6) is 0 Å². The molecule has 0 bridgehead atoms. The van der Waals surface area contributed by atoms with Crippen molar-refractivity contribution in [1.29, 1.82) is 0 Å². The summed E-state index contributed by atoms with van der Waals surface area (Å²) in [5.74, 6) is 0. The van der Waals surface area contributed by atoms with Crippen LogP contribution in [-0.2, 0) is 16.6 Å². The third kappa shape index (κ3) is 4.34. The number of hydrogen-bond donors (Lipinski definition) is 3. The van der Waals surface area contributed by atoms with Gasteiger partial charge in [-0.05, 0) is 43.7 Å². The number of nitrogens with one attached hydrogen (secondary N) is 3. The Morgan fingerprint density at radius 3 is 2.76 bits per heavy atom. The van der Waals surface area contributed by atoms with Crippen molar-refractivity contribution in [2.24, 2.45) is 0 Å². The van der Waals surface area contributed by atoms with Gasteiger partial charge in [0.15, 0.2) is 0 Å². The molecule has 0 atom stereocenters. The summed E-state index contributed by atoms with van der Waals surface area (Å²) in [6.07, 6.45) is 2.56. The van der Waals surface area contributed by atoms with Gasteiger partial charge >= 0.3 is 0 Å². The molecule has 1 aromatic carbocycles. The Hall–Kier alpha value is -1.79. The number of anilines is 1. The number of rotatable bonds is 7. The topological polar surface area (TPSA) is 74.0 Å². The maximum atomic E-state index is 12.3. The number of aryl methyl sites for hydroxylation is 1. The first-order valence-electron chi connectivity index (χ1n) is 6.99. The van der Waals surface area contributed by atoms with Crippen LogP contribution in [0.2, 0.25) is 0 Å². The number of sulfonamides is 1. The van der Waals surface area contributed by atoms with E-state index in [1.54, 1.807) is 18.2 Å². The fourth-order valence-corrected chi connectivity index (χ4v) is 3.07. The predicted molar refractivity (Wildman–Crippen MR) is 84.8 cm³/mol. The van der Waals surface area contributed by atoms with Crippen molar-refractivity contribution >= 4 is 15.7 Å². The molecule has 1 aromatic heterocycles. The van der Waals surface area contributed by atoms with Crippen molar-refractivity contribution in [3.05, 3.63) is 47.8 Å². The van der Waals surface area contributed by atoms with E-state index in [-0.39, 0.29) is 4.90 Å². The molecule has 114 valence electrons. The van der Waals surface area contributed by atoms with Gasteiger partial charge in [-0.1, -0.05) is 19.1 Å². The van der Waals surface area contributed by atoms with Crippen LogP contribution < -0.4 is 10.0 Å². The Kier molecular flexibility index (Phi) is 5.03. The SMILES string of the molecule is CCCNCc1cc(S(=O)(=O)Nc2cccc(C)c2)c[nH]1. The first kappa shape index (κ1) is 15.6. The summed E-state index contributed by atoms with van der Waals surface area (Å²) >= 11 is 0. The van der Waals surface area contributed by atoms with Gasteiger partial charge in [-0.15, -0.1) is 0 Å². The normalized spacial score (nSPS) is 11.5. The van der Waals surface area contributed by atoms with Crippen molar-refractivity contribution in [3.8, 4) is 0 Å². The van der Waals surface area contributed by atoms with Crippen molar-refractivity contribution < 1.29 is 8.42 Å². The van der Waals surface area contributed by atoms with Crippen molar-refractivity contribution in [2.45, 2.75) is 31.7 Å². The first-order chi connectivity index (χ1) is 10.0. The zero-order valence-electron chi connectivity index (χ0n) is 12.3. The Balaban J connectivity index is 2.09. The van der Waals surface area contributed by atoms with E-state index in [4.69, 9.17) is 0 Å². The van der Waals surface area contributed by atoms with Gasteiger partial charge in [0.1, 0.15) is 4.90 Å². The molecule has 0 fully saturated rings. The lowest BCUT2D eigenvalue weighted by Crippen LogP contribution is -2.14. The second-order valence-corrected chi connectivity index (χ2v) is 6.69. The van der Waals surface area contributed by atoms with E-state index in [1.807, 2.05) is 19.1 Å². The predicted octanol–water partition coefficient (Wildman–Crippen LogP) is 2.62. The maximum Gasteiger partial charge on any atom is 0.263 e. The minimum Gasteiger partial charge on any atom is -0.363 e. The summed E-state index contributed by atoms with van der Waals surface area (Å²) in [5, 5.41) is 3.23. The molecule has 21 heavy (non-hydrogen) atoms. The fraction of sp³-hybridized carbons (Fsp3) is 0.333. The van der Waals surface area contributed by atoms with Crippen LogP contribution in [0.4, 0.5) is 5.69 Å². The smallest absolute Gasteiger partial charge is 0.263 e. The molecule has 0 amide bonds. The van der Waals surface area contributed by atoms with Gasteiger partial charge < -0.3 is 10.3 Å². The number of benzene rings is 1. The monoisotopic (exact) mass is 307 g/mol. The van der Waals surface area contributed by atoms with Crippen LogP contribution in [0.15, 0.2) is 41.4 Å². The number of aromatic nitrogens is 1. The number of aromatic amines is 1. The molecular weight excluding hydrogens is 286 g/mol. The molecule has 0 radical (unpaired) electrons. The largest absolute Gasteiger partial charge is 0.363 e. The van der Waals surface area contributed by atoms with Crippen molar-refractivity contribution in [3.63, 3.8) is 0 Å². The molecule has 0 saturated carbocycles. The van der Waals surface area contributed by atoms with Crippen LogP contribution in [0.1, 0.15) is 24.6 Å². The lowest BCUT2D eigenvalue weighted by molar-refractivity contribution is 0.601. The van der Waals surface area contributed by atoms with Crippen LogP contribution in [0, 0.1) is 6.92 Å². The molecule has 0 aliphatic rings. The standard InChI is InChI=1S/C15H21N3O2S/c1-3-7-16-10-14-9-15(11-17-14)21(19,20)18-13-6-4-5-12(2)8-13/h4-6,8-9,11,16-18H,3,7,10H2,1-2H3. The number of H-pyrrole nitrogens is 1. The van der Waals surface area contributed by atoms with Crippen LogP contribution >= 0.6 is 0 Å². The second-order valence-electron chi connectivity index (χ2n) is 5.01. The molecule has 0 aliphatic heterocycles. The molecular formula is C15H21N3O2S. The van der Waals surface area contributed by atoms with Crippen LogP contribution in [0.25, 0.3) is 0 Å². The molecule has 1 heterocycles. The highest BCUT2D eigenvalue weighted by Crippen LogP contribution is 2.17. The molecule has 2 rings (SSSR count). The van der Waals surface area contributed by atoms with Crippen LogP contribution in [-0.4, -0.2) is 19.9 Å². The Morgan fingerprint density at radius 2 is 2.05 bits per heavy atom. The summed E-state index contributed by atoms with van der Waals surface area (Å²) < 4.78 is 27.2. The van der Waals surface area contributed by atoms with Gasteiger partial charge in [0.2, 0.25) is 0 Å². The summed E-state index contributed by atoms with van der Waals surface area (Å²) in [6, 6.07) is 8.94.